The maximum atomic E-state index is 14.0. The zero-order chi connectivity index (χ0) is 31.0. The fraction of sp³-hybridized carbons (Fsp3) is 0.364. The molecule has 3 aromatic rings. The predicted octanol–water partition coefficient (Wildman–Crippen LogP) is 6.62. The standard InChI is InChI=1S/C33H37F2NO5S/c1-20-8-6-7-9-26(20)28-18-21(10-11-27(28)30(37)36-29(31(38)39)12-13-42-5)14-23(32(40)41-33(2,3)4)15-22-16-24(34)19-25(35)17-22/h6-11,16-19,23,29H,12-15H2,1-5H3,(H,36,37)(H,38,39)/t23?,29-/m0/s1. The summed E-state index contributed by atoms with van der Waals surface area (Å²) in [5.74, 6) is -3.80. The normalized spacial score (nSPS) is 12.8. The molecule has 6 nitrogen and oxygen atoms in total. The Balaban J connectivity index is 2.03. The molecule has 0 heterocycles. The van der Waals surface area contributed by atoms with E-state index in [0.717, 1.165) is 17.2 Å². The number of carbonyl (C=O) groups excluding carboxylic acids is 2. The summed E-state index contributed by atoms with van der Waals surface area (Å²) in [4.78, 5) is 38.5. The number of hydrogen-bond donors (Lipinski definition) is 2. The van der Waals surface area contributed by atoms with E-state index in [1.54, 1.807) is 39.0 Å². The molecule has 1 amide bonds. The van der Waals surface area contributed by atoms with Gasteiger partial charge >= 0.3 is 11.9 Å². The zero-order valence-electron chi connectivity index (χ0n) is 24.5. The van der Waals surface area contributed by atoms with Crippen LogP contribution in [0, 0.1) is 24.5 Å². The highest BCUT2D eigenvalue weighted by Gasteiger charge is 2.28. The fourth-order valence-electron chi connectivity index (χ4n) is 4.67. The van der Waals surface area contributed by atoms with Crippen molar-refractivity contribution in [3.05, 3.63) is 94.6 Å². The van der Waals surface area contributed by atoms with Crippen molar-refractivity contribution >= 4 is 29.6 Å². The van der Waals surface area contributed by atoms with Gasteiger partial charge in [0.15, 0.2) is 0 Å². The zero-order valence-corrected chi connectivity index (χ0v) is 25.3. The summed E-state index contributed by atoms with van der Waals surface area (Å²) in [6.45, 7) is 7.15. The van der Waals surface area contributed by atoms with Gasteiger partial charge in [-0.15, -0.1) is 0 Å². The highest BCUT2D eigenvalue weighted by atomic mass is 32.2. The number of esters is 1. The van der Waals surface area contributed by atoms with E-state index in [1.807, 2.05) is 37.4 Å². The number of benzene rings is 3. The van der Waals surface area contributed by atoms with E-state index in [9.17, 15) is 28.3 Å². The molecular weight excluding hydrogens is 560 g/mol. The van der Waals surface area contributed by atoms with Crippen LogP contribution >= 0.6 is 11.8 Å². The number of hydrogen-bond acceptors (Lipinski definition) is 5. The van der Waals surface area contributed by atoms with Crippen LogP contribution in [0.5, 0.6) is 0 Å². The maximum absolute atomic E-state index is 14.0. The van der Waals surface area contributed by atoms with Gasteiger partial charge in [-0.3, -0.25) is 9.59 Å². The highest BCUT2D eigenvalue weighted by molar-refractivity contribution is 7.98. The van der Waals surface area contributed by atoms with Gasteiger partial charge in [-0.05, 0) is 105 Å². The Morgan fingerprint density at radius 1 is 0.929 bits per heavy atom. The highest BCUT2D eigenvalue weighted by Crippen LogP contribution is 2.30. The van der Waals surface area contributed by atoms with Gasteiger partial charge in [0.1, 0.15) is 23.3 Å². The first-order valence-corrected chi connectivity index (χ1v) is 15.1. The Morgan fingerprint density at radius 2 is 1.57 bits per heavy atom. The Kier molecular flexibility index (Phi) is 11.3. The molecule has 0 aromatic heterocycles. The molecule has 0 spiro atoms. The van der Waals surface area contributed by atoms with Gasteiger partial charge in [0.05, 0.1) is 5.92 Å². The van der Waals surface area contributed by atoms with Crippen molar-refractivity contribution in [3.8, 4) is 11.1 Å². The van der Waals surface area contributed by atoms with Crippen LogP contribution in [-0.4, -0.2) is 46.6 Å². The minimum atomic E-state index is -1.11. The van der Waals surface area contributed by atoms with E-state index in [4.69, 9.17) is 4.74 Å². The molecule has 0 aliphatic carbocycles. The largest absolute Gasteiger partial charge is 0.480 e. The minimum absolute atomic E-state index is 0.0429. The molecular formula is C33H37F2NO5S. The first-order valence-electron chi connectivity index (χ1n) is 13.7. The third-order valence-electron chi connectivity index (χ3n) is 6.60. The van der Waals surface area contributed by atoms with Crippen LogP contribution in [0.4, 0.5) is 8.78 Å². The second-order valence-electron chi connectivity index (χ2n) is 11.3. The second kappa shape index (κ2) is 14.4. The third-order valence-corrected chi connectivity index (χ3v) is 7.25. The van der Waals surface area contributed by atoms with Crippen LogP contribution in [-0.2, 0) is 27.2 Å². The molecule has 0 aliphatic heterocycles. The van der Waals surface area contributed by atoms with Crippen molar-refractivity contribution in [2.45, 2.75) is 58.6 Å². The Bertz CT molecular complexity index is 1420. The fourth-order valence-corrected chi connectivity index (χ4v) is 5.14. The van der Waals surface area contributed by atoms with Crippen molar-refractivity contribution in [1.82, 2.24) is 5.32 Å². The van der Waals surface area contributed by atoms with Crippen LogP contribution in [0.25, 0.3) is 11.1 Å². The quantitative estimate of drug-likeness (QED) is 0.228. The van der Waals surface area contributed by atoms with E-state index in [1.165, 1.54) is 23.9 Å². The Morgan fingerprint density at radius 3 is 2.17 bits per heavy atom. The third kappa shape index (κ3) is 9.41. The van der Waals surface area contributed by atoms with Crippen LogP contribution in [0.1, 0.15) is 54.2 Å². The summed E-state index contributed by atoms with van der Waals surface area (Å²) in [5, 5.41) is 12.3. The van der Waals surface area contributed by atoms with Crippen molar-refractivity contribution in [2.75, 3.05) is 12.0 Å². The molecule has 0 radical (unpaired) electrons. The lowest BCUT2D eigenvalue weighted by Gasteiger charge is -2.24. The maximum Gasteiger partial charge on any atom is 0.326 e. The average molecular weight is 598 g/mol. The number of carbonyl (C=O) groups is 3. The second-order valence-corrected chi connectivity index (χ2v) is 12.2. The molecule has 0 bridgehead atoms. The summed E-state index contributed by atoms with van der Waals surface area (Å²) in [5.41, 5.74) is 2.81. The molecule has 42 heavy (non-hydrogen) atoms. The van der Waals surface area contributed by atoms with E-state index in [0.29, 0.717) is 28.0 Å². The number of ether oxygens (including phenoxy) is 1. The van der Waals surface area contributed by atoms with Crippen molar-refractivity contribution in [2.24, 2.45) is 5.92 Å². The molecule has 2 N–H and O–H groups in total. The van der Waals surface area contributed by atoms with Gasteiger partial charge in [0.25, 0.3) is 5.91 Å². The number of thioether (sulfide) groups is 1. The Hall–Kier alpha value is -3.72. The summed E-state index contributed by atoms with van der Waals surface area (Å²) < 4.78 is 33.6. The van der Waals surface area contributed by atoms with Crippen LogP contribution in [0.2, 0.25) is 0 Å². The monoisotopic (exact) mass is 597 g/mol. The molecule has 0 fully saturated rings. The average Bonchev–Trinajstić information content (AvgIpc) is 2.89. The van der Waals surface area contributed by atoms with Gasteiger partial charge < -0.3 is 15.2 Å². The first kappa shape index (κ1) is 32.8. The van der Waals surface area contributed by atoms with Gasteiger partial charge in [0.2, 0.25) is 0 Å². The molecule has 3 rings (SSSR count). The van der Waals surface area contributed by atoms with E-state index in [2.05, 4.69) is 5.32 Å². The molecule has 1 unspecified atom stereocenters. The molecule has 0 aliphatic rings. The molecule has 3 aromatic carbocycles. The molecule has 9 heteroatoms. The van der Waals surface area contributed by atoms with E-state index >= 15 is 0 Å². The lowest BCUT2D eigenvalue weighted by Crippen LogP contribution is -2.41. The van der Waals surface area contributed by atoms with Crippen LogP contribution in [0.3, 0.4) is 0 Å². The summed E-state index contributed by atoms with van der Waals surface area (Å²) >= 11 is 1.49. The van der Waals surface area contributed by atoms with Crippen molar-refractivity contribution in [1.29, 1.82) is 0 Å². The SMILES string of the molecule is CSCC[C@H](NC(=O)c1ccc(CC(Cc2cc(F)cc(F)c2)C(=O)OC(C)(C)C)cc1-c1ccccc1C)C(=O)O. The van der Waals surface area contributed by atoms with Crippen LogP contribution in [0.15, 0.2) is 60.7 Å². The minimum Gasteiger partial charge on any atom is -0.480 e. The number of carboxylic acid groups (broad SMARTS) is 1. The van der Waals surface area contributed by atoms with E-state index < -0.39 is 47.0 Å². The van der Waals surface area contributed by atoms with E-state index in [-0.39, 0.29) is 19.3 Å². The Labute approximate surface area is 249 Å². The van der Waals surface area contributed by atoms with Gasteiger partial charge in [0, 0.05) is 11.6 Å². The molecule has 224 valence electrons. The van der Waals surface area contributed by atoms with Gasteiger partial charge in [-0.2, -0.15) is 11.8 Å². The molecule has 0 saturated carbocycles. The smallest absolute Gasteiger partial charge is 0.326 e. The van der Waals surface area contributed by atoms with Crippen LogP contribution < -0.4 is 5.32 Å². The molecule has 2 atom stereocenters. The predicted molar refractivity (Wildman–Crippen MR) is 162 cm³/mol. The number of carboxylic acids is 1. The number of amides is 1. The number of rotatable bonds is 12. The summed E-state index contributed by atoms with van der Waals surface area (Å²) in [6.07, 6.45) is 2.36. The topological polar surface area (TPSA) is 92.7 Å². The first-order chi connectivity index (χ1) is 19.8. The number of halogens is 2. The summed E-state index contributed by atoms with van der Waals surface area (Å²) in [6, 6.07) is 14.8. The molecule has 0 saturated heterocycles. The lowest BCUT2D eigenvalue weighted by molar-refractivity contribution is -0.160. The number of nitrogens with one attached hydrogen (secondary N) is 1. The number of aryl methyl sites for hydroxylation is 1. The lowest BCUT2D eigenvalue weighted by atomic mass is 9.88. The van der Waals surface area contributed by atoms with Crippen molar-refractivity contribution < 1.29 is 33.0 Å². The van der Waals surface area contributed by atoms with Gasteiger partial charge in [-0.1, -0.05) is 36.4 Å². The van der Waals surface area contributed by atoms with Crippen molar-refractivity contribution in [3.63, 3.8) is 0 Å². The van der Waals surface area contributed by atoms with Gasteiger partial charge in [-0.25, -0.2) is 13.6 Å². The summed E-state index contributed by atoms with van der Waals surface area (Å²) in [7, 11) is 0. The number of aliphatic carboxylic acids is 1.